The third-order valence-electron chi connectivity index (χ3n) is 6.51. The molecule has 1 aliphatic heterocycles. The van der Waals surface area contributed by atoms with Gasteiger partial charge in [-0.15, -0.1) is 0 Å². The van der Waals surface area contributed by atoms with Crippen molar-refractivity contribution in [1.82, 2.24) is 0 Å². The molecule has 0 amide bonds. The minimum atomic E-state index is 0.272. The molecule has 2 aliphatic rings. The number of rotatable bonds is 2. The normalized spacial score (nSPS) is 28.1. The molecule has 1 heteroatoms. The first kappa shape index (κ1) is 15.7. The maximum atomic E-state index is 2.72. The molecule has 2 aromatic rings. The third-order valence-corrected chi connectivity index (χ3v) is 6.51. The van der Waals surface area contributed by atoms with E-state index in [4.69, 9.17) is 0 Å². The lowest BCUT2D eigenvalue weighted by atomic mass is 9.60. The van der Waals surface area contributed by atoms with Gasteiger partial charge < -0.3 is 4.90 Å². The first-order valence-electron chi connectivity index (χ1n) is 9.47. The van der Waals surface area contributed by atoms with Crippen LogP contribution in [-0.2, 0) is 12.0 Å². The van der Waals surface area contributed by atoms with Crippen molar-refractivity contribution < 1.29 is 0 Å². The Bertz CT molecular complexity index is 703. The molecule has 0 radical (unpaired) electrons. The van der Waals surface area contributed by atoms with E-state index in [1.807, 2.05) is 0 Å². The van der Waals surface area contributed by atoms with Gasteiger partial charge in [-0.05, 0) is 47.3 Å². The van der Waals surface area contributed by atoms with E-state index in [0.717, 1.165) is 18.4 Å². The summed E-state index contributed by atoms with van der Waals surface area (Å²) < 4.78 is 0. The van der Waals surface area contributed by atoms with Crippen molar-refractivity contribution in [2.75, 3.05) is 4.90 Å². The summed E-state index contributed by atoms with van der Waals surface area (Å²) in [6.45, 7) is 8.41. The average Bonchev–Trinajstić information content (AvgIpc) is 2.59. The topological polar surface area (TPSA) is 3.24 Å². The van der Waals surface area contributed by atoms with E-state index in [9.17, 15) is 0 Å². The second-order valence-corrected chi connectivity index (χ2v) is 8.44. The van der Waals surface area contributed by atoms with Gasteiger partial charge in [0.1, 0.15) is 0 Å². The second kappa shape index (κ2) is 5.95. The maximum absolute atomic E-state index is 2.72. The zero-order chi connectivity index (χ0) is 16.7. The molecule has 1 fully saturated rings. The van der Waals surface area contributed by atoms with Gasteiger partial charge in [-0.2, -0.15) is 0 Å². The van der Waals surface area contributed by atoms with Crippen molar-refractivity contribution in [2.24, 2.45) is 11.8 Å². The molecule has 24 heavy (non-hydrogen) atoms. The summed E-state index contributed by atoms with van der Waals surface area (Å²) >= 11 is 0. The summed E-state index contributed by atoms with van der Waals surface area (Å²) in [5.74, 6) is 1.60. The average molecular weight is 319 g/mol. The van der Waals surface area contributed by atoms with Gasteiger partial charge in [-0.25, -0.2) is 0 Å². The quantitative estimate of drug-likeness (QED) is 0.677. The Morgan fingerprint density at radius 2 is 1.67 bits per heavy atom. The first-order chi connectivity index (χ1) is 11.6. The fourth-order valence-corrected chi connectivity index (χ4v) is 5.17. The van der Waals surface area contributed by atoms with Gasteiger partial charge in [0.25, 0.3) is 0 Å². The largest absolute Gasteiger partial charge is 0.364 e. The minimum absolute atomic E-state index is 0.272. The number of hydrogen-bond donors (Lipinski definition) is 0. The van der Waals surface area contributed by atoms with E-state index < -0.39 is 0 Å². The Hall–Kier alpha value is -1.76. The van der Waals surface area contributed by atoms with Crippen LogP contribution in [0.4, 0.5) is 5.69 Å². The van der Waals surface area contributed by atoms with Crippen molar-refractivity contribution in [3.05, 3.63) is 65.7 Å². The molecule has 126 valence electrons. The predicted octanol–water partition coefficient (Wildman–Crippen LogP) is 5.79. The lowest BCUT2D eigenvalue weighted by molar-refractivity contribution is 0.151. The number of benzene rings is 2. The standard InChI is InChI=1S/C23H29N/c1-17-13-14-20-22(15-17)24(16-18-9-5-4-6-10-18)21-12-8-7-11-19(21)23(20,2)3/h4-12,17,20,22H,13-16H2,1-3H3/t17-,20-,22-/m1/s1. The van der Waals surface area contributed by atoms with E-state index >= 15 is 0 Å². The lowest BCUT2D eigenvalue weighted by Crippen LogP contribution is -2.54. The third kappa shape index (κ3) is 2.55. The Balaban J connectivity index is 1.79. The van der Waals surface area contributed by atoms with Crippen LogP contribution in [0.3, 0.4) is 0 Å². The Kier molecular flexibility index (Phi) is 3.90. The van der Waals surface area contributed by atoms with Crippen LogP contribution in [-0.4, -0.2) is 6.04 Å². The van der Waals surface area contributed by atoms with Crippen molar-refractivity contribution in [3.63, 3.8) is 0 Å². The molecule has 2 aromatic carbocycles. The molecule has 1 aliphatic carbocycles. The van der Waals surface area contributed by atoms with Gasteiger partial charge in [-0.3, -0.25) is 0 Å². The molecular formula is C23H29N. The fourth-order valence-electron chi connectivity index (χ4n) is 5.17. The van der Waals surface area contributed by atoms with E-state index in [0.29, 0.717) is 6.04 Å². The molecular weight excluding hydrogens is 290 g/mol. The number of hydrogen-bond acceptors (Lipinski definition) is 1. The highest BCUT2D eigenvalue weighted by molar-refractivity contribution is 5.61. The van der Waals surface area contributed by atoms with Gasteiger partial charge in [0, 0.05) is 18.3 Å². The number of anilines is 1. The van der Waals surface area contributed by atoms with Gasteiger partial charge in [0.2, 0.25) is 0 Å². The monoisotopic (exact) mass is 319 g/mol. The number of para-hydroxylation sites is 1. The summed E-state index contributed by atoms with van der Waals surface area (Å²) in [6.07, 6.45) is 4.07. The fraction of sp³-hybridized carbons (Fsp3) is 0.478. The molecule has 0 spiro atoms. The van der Waals surface area contributed by atoms with Gasteiger partial charge in [0.05, 0.1) is 0 Å². The lowest BCUT2D eigenvalue weighted by Gasteiger charge is -2.55. The molecule has 0 N–H and O–H groups in total. The Morgan fingerprint density at radius 3 is 2.46 bits per heavy atom. The molecule has 1 saturated carbocycles. The van der Waals surface area contributed by atoms with Crippen molar-refractivity contribution in [1.29, 1.82) is 0 Å². The van der Waals surface area contributed by atoms with Crippen LogP contribution in [0.15, 0.2) is 54.6 Å². The second-order valence-electron chi connectivity index (χ2n) is 8.44. The summed E-state index contributed by atoms with van der Waals surface area (Å²) in [5.41, 5.74) is 4.69. The van der Waals surface area contributed by atoms with Crippen LogP contribution in [0.5, 0.6) is 0 Å². The summed E-state index contributed by atoms with van der Waals surface area (Å²) in [4.78, 5) is 2.72. The molecule has 4 rings (SSSR count). The van der Waals surface area contributed by atoms with Gasteiger partial charge in [0.15, 0.2) is 0 Å². The zero-order valence-electron chi connectivity index (χ0n) is 15.2. The minimum Gasteiger partial charge on any atom is -0.364 e. The van der Waals surface area contributed by atoms with Crippen molar-refractivity contribution in [3.8, 4) is 0 Å². The zero-order valence-corrected chi connectivity index (χ0v) is 15.2. The highest BCUT2D eigenvalue weighted by Gasteiger charge is 2.47. The van der Waals surface area contributed by atoms with E-state index in [2.05, 4.69) is 80.3 Å². The first-order valence-corrected chi connectivity index (χ1v) is 9.47. The van der Waals surface area contributed by atoms with E-state index in [-0.39, 0.29) is 5.41 Å². The van der Waals surface area contributed by atoms with Crippen LogP contribution in [0.2, 0.25) is 0 Å². The number of nitrogens with zero attached hydrogens (tertiary/aromatic N) is 1. The maximum Gasteiger partial charge on any atom is 0.0432 e. The molecule has 1 nitrogen and oxygen atoms in total. The molecule has 0 bridgehead atoms. The predicted molar refractivity (Wildman–Crippen MR) is 102 cm³/mol. The van der Waals surface area contributed by atoms with Crippen molar-refractivity contribution in [2.45, 2.75) is 58.0 Å². The molecule has 0 aromatic heterocycles. The Morgan fingerprint density at radius 1 is 0.958 bits per heavy atom. The van der Waals surface area contributed by atoms with Crippen molar-refractivity contribution >= 4 is 5.69 Å². The molecule has 0 saturated heterocycles. The van der Waals surface area contributed by atoms with Crippen LogP contribution in [0.25, 0.3) is 0 Å². The summed E-state index contributed by atoms with van der Waals surface area (Å²) in [7, 11) is 0. The smallest absolute Gasteiger partial charge is 0.0432 e. The van der Waals surface area contributed by atoms with Crippen LogP contribution in [0, 0.1) is 11.8 Å². The van der Waals surface area contributed by atoms with Crippen LogP contribution in [0.1, 0.15) is 51.2 Å². The summed E-state index contributed by atoms with van der Waals surface area (Å²) in [6, 6.07) is 20.8. The molecule has 1 heterocycles. The van der Waals surface area contributed by atoms with Gasteiger partial charge in [-0.1, -0.05) is 75.7 Å². The molecule has 3 atom stereocenters. The SMILES string of the molecule is C[C@@H]1CC[C@@H]2[C@@H](C1)N(Cc1ccccc1)c1ccccc1C2(C)C. The Labute approximate surface area is 146 Å². The highest BCUT2D eigenvalue weighted by Crippen LogP contribution is 2.52. The van der Waals surface area contributed by atoms with Crippen LogP contribution < -0.4 is 4.90 Å². The molecule has 0 unspecified atom stereocenters. The highest BCUT2D eigenvalue weighted by atomic mass is 15.2. The van der Waals surface area contributed by atoms with Gasteiger partial charge >= 0.3 is 0 Å². The van der Waals surface area contributed by atoms with Crippen LogP contribution >= 0.6 is 0 Å². The van der Waals surface area contributed by atoms with E-state index in [1.165, 1.54) is 36.1 Å². The summed E-state index contributed by atoms with van der Waals surface area (Å²) in [5, 5.41) is 0. The van der Waals surface area contributed by atoms with E-state index in [1.54, 1.807) is 0 Å². The number of fused-ring (bicyclic) bond motifs is 2.